The predicted molar refractivity (Wildman–Crippen MR) is 91.0 cm³/mol. The lowest BCUT2D eigenvalue weighted by molar-refractivity contribution is -0.215. The Kier molecular flexibility index (Phi) is 3.91. The molecule has 3 aliphatic heterocycles. The summed E-state index contributed by atoms with van der Waals surface area (Å²) in [6.07, 6.45) is 11.1. The van der Waals surface area contributed by atoms with Crippen LogP contribution in [0.25, 0.3) is 4.85 Å². The normalized spacial score (nSPS) is 48.6. The molecule has 0 N–H and O–H groups in total. The van der Waals surface area contributed by atoms with Gasteiger partial charge in [0.25, 0.3) is 0 Å². The van der Waals surface area contributed by atoms with E-state index in [1.807, 2.05) is 6.92 Å². The van der Waals surface area contributed by atoms with Crippen molar-refractivity contribution in [2.24, 2.45) is 0 Å². The van der Waals surface area contributed by atoms with E-state index in [1.165, 1.54) is 19.3 Å². The first-order valence-electron chi connectivity index (χ1n) is 10.2. The van der Waals surface area contributed by atoms with E-state index in [4.69, 9.17) is 25.5 Å². The Morgan fingerprint density at radius 1 is 1.04 bits per heavy atom. The molecule has 5 heteroatoms. The van der Waals surface area contributed by atoms with E-state index >= 15 is 0 Å². The number of hydrogen-bond acceptors (Lipinski definition) is 4. The molecule has 5 nitrogen and oxygen atoms in total. The molecule has 0 amide bonds. The van der Waals surface area contributed by atoms with E-state index in [0.717, 1.165) is 44.9 Å². The van der Waals surface area contributed by atoms with Gasteiger partial charge in [0, 0.05) is 39.0 Å². The first-order chi connectivity index (χ1) is 12.1. The molecule has 3 heterocycles. The van der Waals surface area contributed by atoms with Crippen LogP contribution in [0.5, 0.6) is 0 Å². The predicted octanol–water partition coefficient (Wildman–Crippen LogP) is 3.61. The van der Waals surface area contributed by atoms with Crippen LogP contribution in [0.4, 0.5) is 0 Å². The van der Waals surface area contributed by atoms with Crippen LogP contribution >= 0.6 is 0 Å². The molecule has 2 bridgehead atoms. The zero-order chi connectivity index (χ0) is 17.1. The van der Waals surface area contributed by atoms with Gasteiger partial charge in [-0.05, 0) is 25.7 Å². The number of ether oxygens (including phenoxy) is 4. The Morgan fingerprint density at radius 2 is 1.84 bits per heavy atom. The fourth-order valence-electron chi connectivity index (χ4n) is 5.93. The molecule has 5 rings (SSSR count). The maximum absolute atomic E-state index is 7.23. The average molecular weight is 347 g/mol. The molecule has 3 saturated heterocycles. The Bertz CT molecular complexity index is 569. The van der Waals surface area contributed by atoms with Crippen molar-refractivity contribution in [2.75, 3.05) is 0 Å². The van der Waals surface area contributed by atoms with Gasteiger partial charge in [0.1, 0.15) is 6.10 Å². The highest BCUT2D eigenvalue weighted by atomic mass is 16.8. The quantitative estimate of drug-likeness (QED) is 0.716. The van der Waals surface area contributed by atoms with Crippen LogP contribution in [-0.2, 0) is 18.9 Å². The molecule has 0 aromatic heterocycles. The first kappa shape index (κ1) is 16.5. The second kappa shape index (κ2) is 5.92. The van der Waals surface area contributed by atoms with Gasteiger partial charge in [-0.25, -0.2) is 6.57 Å². The molecule has 2 spiro atoms. The summed E-state index contributed by atoms with van der Waals surface area (Å²) in [5, 5.41) is 0. The summed E-state index contributed by atoms with van der Waals surface area (Å²) in [6.45, 7) is 9.22. The summed E-state index contributed by atoms with van der Waals surface area (Å²) >= 11 is 0. The van der Waals surface area contributed by atoms with Crippen LogP contribution in [0.2, 0.25) is 0 Å². The third-order valence-electron chi connectivity index (χ3n) is 7.06. The smallest absolute Gasteiger partial charge is 0.223 e. The molecule has 0 aromatic carbocycles. The Hall–Kier alpha value is -0.670. The lowest BCUT2D eigenvalue weighted by Gasteiger charge is -2.44. The van der Waals surface area contributed by atoms with Crippen molar-refractivity contribution < 1.29 is 18.9 Å². The molecule has 7 atom stereocenters. The number of hydrogen-bond donors (Lipinski definition) is 0. The van der Waals surface area contributed by atoms with Crippen molar-refractivity contribution in [3.8, 4) is 0 Å². The van der Waals surface area contributed by atoms with Crippen molar-refractivity contribution in [1.29, 1.82) is 0 Å². The minimum absolute atomic E-state index is 0.0315. The van der Waals surface area contributed by atoms with Crippen LogP contribution in [0, 0.1) is 6.57 Å². The summed E-state index contributed by atoms with van der Waals surface area (Å²) in [4.78, 5) is 3.65. The molecule has 2 saturated carbocycles. The van der Waals surface area contributed by atoms with Crippen LogP contribution < -0.4 is 0 Å². The van der Waals surface area contributed by atoms with Crippen LogP contribution in [0.1, 0.15) is 71.1 Å². The van der Waals surface area contributed by atoms with Gasteiger partial charge in [0.2, 0.25) is 6.04 Å². The summed E-state index contributed by atoms with van der Waals surface area (Å²) in [6, 6.07) is 0.0315. The van der Waals surface area contributed by atoms with Gasteiger partial charge in [-0.15, -0.1) is 0 Å². The molecule has 138 valence electrons. The van der Waals surface area contributed by atoms with E-state index in [0.29, 0.717) is 0 Å². The van der Waals surface area contributed by atoms with Gasteiger partial charge >= 0.3 is 0 Å². The summed E-state index contributed by atoms with van der Waals surface area (Å²) in [7, 11) is 0. The maximum atomic E-state index is 7.23. The molecular formula is C20H29NO4. The third-order valence-corrected chi connectivity index (χ3v) is 7.06. The van der Waals surface area contributed by atoms with E-state index < -0.39 is 0 Å². The molecule has 2 aliphatic carbocycles. The van der Waals surface area contributed by atoms with E-state index in [9.17, 15) is 0 Å². The number of rotatable bonds is 2. The largest absolute Gasteiger partial charge is 0.369 e. The van der Waals surface area contributed by atoms with Gasteiger partial charge in [0.05, 0.1) is 30.0 Å². The maximum Gasteiger partial charge on any atom is 0.223 e. The monoisotopic (exact) mass is 347 g/mol. The highest BCUT2D eigenvalue weighted by molar-refractivity contribution is 5.12. The zero-order valence-electron chi connectivity index (χ0n) is 15.1. The average Bonchev–Trinajstić information content (AvgIpc) is 3.11. The van der Waals surface area contributed by atoms with Gasteiger partial charge in [-0.1, -0.05) is 6.42 Å². The van der Waals surface area contributed by atoms with Crippen LogP contribution in [0.3, 0.4) is 0 Å². The number of fused-ring (bicyclic) bond motifs is 3. The van der Waals surface area contributed by atoms with Crippen molar-refractivity contribution in [3.63, 3.8) is 0 Å². The fourth-order valence-corrected chi connectivity index (χ4v) is 5.93. The van der Waals surface area contributed by atoms with Crippen molar-refractivity contribution in [2.45, 2.75) is 119 Å². The van der Waals surface area contributed by atoms with E-state index in [2.05, 4.69) is 4.85 Å². The summed E-state index contributed by atoms with van der Waals surface area (Å²) in [5.41, 5.74) is -0.208. The first-order valence-corrected chi connectivity index (χ1v) is 10.2. The zero-order valence-corrected chi connectivity index (χ0v) is 15.1. The van der Waals surface area contributed by atoms with Crippen molar-refractivity contribution >= 4 is 0 Å². The Morgan fingerprint density at radius 3 is 2.64 bits per heavy atom. The Balaban J connectivity index is 1.33. The van der Waals surface area contributed by atoms with Gasteiger partial charge in [-0.2, -0.15) is 0 Å². The minimum atomic E-state index is -0.347. The van der Waals surface area contributed by atoms with Gasteiger partial charge in [0.15, 0.2) is 5.79 Å². The molecule has 2 unspecified atom stereocenters. The summed E-state index contributed by atoms with van der Waals surface area (Å²) in [5.74, 6) is -0.347. The minimum Gasteiger partial charge on any atom is -0.369 e. The molecule has 25 heavy (non-hydrogen) atoms. The highest BCUT2D eigenvalue weighted by Gasteiger charge is 2.65. The second-order valence-electron chi connectivity index (χ2n) is 8.88. The van der Waals surface area contributed by atoms with E-state index in [-0.39, 0.29) is 47.9 Å². The Labute approximate surface area is 150 Å². The topological polar surface area (TPSA) is 41.3 Å². The van der Waals surface area contributed by atoms with Gasteiger partial charge in [-0.3, -0.25) is 0 Å². The van der Waals surface area contributed by atoms with Crippen LogP contribution in [-0.4, -0.2) is 47.9 Å². The molecule has 5 aliphatic rings. The van der Waals surface area contributed by atoms with E-state index in [1.54, 1.807) is 0 Å². The molecule has 5 fully saturated rings. The fraction of sp³-hybridized carbons (Fsp3) is 0.950. The number of nitrogens with zero attached hydrogens (tertiary/aromatic N) is 1. The molecule has 0 aromatic rings. The standard InChI is InChI=1S/C20H29NO4/c1-13(21-2)10-14-6-7-17-19(23-14)11-15(22-17)18-16(12-19)24-20(25-18)8-4-3-5-9-20/h13-18H,3-12H2,1H3/t13-,14-,15-,16-,17+,18?,19?/m1/s1. The van der Waals surface area contributed by atoms with Crippen molar-refractivity contribution in [1.82, 2.24) is 0 Å². The van der Waals surface area contributed by atoms with Crippen LogP contribution in [0.15, 0.2) is 0 Å². The lowest BCUT2D eigenvalue weighted by atomic mass is 9.76. The third kappa shape index (κ3) is 2.65. The SMILES string of the molecule is [C-]#[N+][C@H](C)C[C@H]1CC[C@@H]2O[C@@H]3CC2(C[C@H]2OC4(CCCCC4)OC32)O1. The summed E-state index contributed by atoms with van der Waals surface area (Å²) < 4.78 is 26.1. The molecule has 0 radical (unpaired) electrons. The van der Waals surface area contributed by atoms with Crippen molar-refractivity contribution in [3.05, 3.63) is 11.4 Å². The highest BCUT2D eigenvalue weighted by Crippen LogP contribution is 2.55. The second-order valence-corrected chi connectivity index (χ2v) is 8.88. The lowest BCUT2D eigenvalue weighted by Crippen LogP contribution is -2.53. The van der Waals surface area contributed by atoms with Gasteiger partial charge < -0.3 is 23.8 Å². The molecular weight excluding hydrogens is 318 g/mol.